The third-order valence-corrected chi connectivity index (χ3v) is 4.98. The molecule has 0 spiro atoms. The van der Waals surface area contributed by atoms with Crippen molar-refractivity contribution in [3.8, 4) is 0 Å². The average Bonchev–Trinajstić information content (AvgIpc) is 2.92. The summed E-state index contributed by atoms with van der Waals surface area (Å²) in [6.07, 6.45) is 0. The molecule has 1 amide bonds. The molecule has 4 nitrogen and oxygen atoms in total. The number of aryl methyl sites for hydroxylation is 1. The van der Waals surface area contributed by atoms with Crippen molar-refractivity contribution in [2.24, 2.45) is 0 Å². The molecule has 0 aliphatic rings. The van der Waals surface area contributed by atoms with E-state index in [1.807, 2.05) is 24.3 Å². The quantitative estimate of drug-likeness (QED) is 0.614. The molecule has 2 N–H and O–H groups in total. The molecular formula is C17H13BrFN3OS. The van der Waals surface area contributed by atoms with Gasteiger partial charge in [0.25, 0.3) is 5.91 Å². The Balaban J connectivity index is 1.77. The molecule has 3 aromatic rings. The van der Waals surface area contributed by atoms with E-state index >= 15 is 0 Å². The number of hydrogen-bond donors (Lipinski definition) is 2. The Bertz CT molecular complexity index is 880. The molecule has 0 aliphatic heterocycles. The number of carbonyl (C=O) groups is 1. The summed E-state index contributed by atoms with van der Waals surface area (Å²) < 4.78 is 13.8. The summed E-state index contributed by atoms with van der Waals surface area (Å²) in [4.78, 5) is 17.3. The number of nitrogens with zero attached hydrogens (tertiary/aromatic N) is 1. The molecule has 0 saturated carbocycles. The molecule has 0 fully saturated rings. The summed E-state index contributed by atoms with van der Waals surface area (Å²) in [5, 5.41) is 6.51. The third-order valence-electron chi connectivity index (χ3n) is 3.22. The van der Waals surface area contributed by atoms with Gasteiger partial charge in [-0.3, -0.25) is 4.79 Å². The van der Waals surface area contributed by atoms with Crippen LogP contribution in [0.1, 0.15) is 15.4 Å². The van der Waals surface area contributed by atoms with Crippen molar-refractivity contribution < 1.29 is 9.18 Å². The number of amides is 1. The van der Waals surface area contributed by atoms with Crippen LogP contribution >= 0.6 is 27.3 Å². The van der Waals surface area contributed by atoms with Crippen LogP contribution in [0.4, 0.5) is 20.9 Å². The van der Waals surface area contributed by atoms with Crippen LogP contribution in [0, 0.1) is 12.7 Å². The van der Waals surface area contributed by atoms with E-state index in [1.54, 1.807) is 19.1 Å². The van der Waals surface area contributed by atoms with Gasteiger partial charge in [0.2, 0.25) is 0 Å². The number of thiazole rings is 1. The maximum Gasteiger partial charge on any atom is 0.267 e. The van der Waals surface area contributed by atoms with E-state index < -0.39 is 0 Å². The monoisotopic (exact) mass is 405 g/mol. The summed E-state index contributed by atoms with van der Waals surface area (Å²) in [6, 6.07) is 13.4. The van der Waals surface area contributed by atoms with Crippen LogP contribution < -0.4 is 10.6 Å². The SMILES string of the molecule is Cc1nc(Nc2ccc(F)cc2)sc1C(=O)Nc1ccccc1Br. The number of nitrogens with one attached hydrogen (secondary N) is 2. The van der Waals surface area contributed by atoms with Gasteiger partial charge >= 0.3 is 0 Å². The standard InChI is InChI=1S/C17H13BrFN3OS/c1-10-15(16(23)22-14-5-3-2-4-13(14)18)24-17(20-10)21-12-8-6-11(19)7-9-12/h2-9H,1H3,(H,20,21)(H,22,23). The zero-order valence-electron chi connectivity index (χ0n) is 12.6. The maximum atomic E-state index is 12.9. The highest BCUT2D eigenvalue weighted by atomic mass is 79.9. The Hall–Kier alpha value is -2.25. The first-order valence-electron chi connectivity index (χ1n) is 7.09. The van der Waals surface area contributed by atoms with Gasteiger partial charge in [-0.2, -0.15) is 0 Å². The minimum atomic E-state index is -0.302. The maximum absolute atomic E-state index is 12.9. The summed E-state index contributed by atoms with van der Waals surface area (Å²) in [5.41, 5.74) is 2.04. The van der Waals surface area contributed by atoms with E-state index in [1.165, 1.54) is 23.5 Å². The van der Waals surface area contributed by atoms with Gasteiger partial charge in [-0.25, -0.2) is 9.37 Å². The second kappa shape index (κ2) is 7.11. The highest BCUT2D eigenvalue weighted by Gasteiger charge is 2.16. The lowest BCUT2D eigenvalue weighted by atomic mass is 10.3. The summed E-state index contributed by atoms with van der Waals surface area (Å²) in [6.45, 7) is 1.78. The van der Waals surface area contributed by atoms with E-state index in [0.29, 0.717) is 27.1 Å². The van der Waals surface area contributed by atoms with Crippen LogP contribution in [-0.2, 0) is 0 Å². The fraction of sp³-hybridized carbons (Fsp3) is 0.0588. The molecule has 122 valence electrons. The first-order chi connectivity index (χ1) is 11.5. The van der Waals surface area contributed by atoms with Gasteiger partial charge in [-0.15, -0.1) is 0 Å². The summed E-state index contributed by atoms with van der Waals surface area (Å²) in [5.74, 6) is -0.520. The lowest BCUT2D eigenvalue weighted by Crippen LogP contribution is -2.11. The molecule has 24 heavy (non-hydrogen) atoms. The topological polar surface area (TPSA) is 54.0 Å². The molecular weight excluding hydrogens is 393 g/mol. The Morgan fingerprint density at radius 1 is 1.17 bits per heavy atom. The summed E-state index contributed by atoms with van der Waals surface area (Å²) >= 11 is 4.65. The molecule has 1 aromatic heterocycles. The van der Waals surface area contributed by atoms with E-state index in [0.717, 1.165) is 4.47 Å². The Kier molecular flexibility index (Phi) is 4.92. The number of halogens is 2. The van der Waals surface area contributed by atoms with Crippen molar-refractivity contribution in [3.63, 3.8) is 0 Å². The first kappa shape index (κ1) is 16.6. The van der Waals surface area contributed by atoms with E-state index in [2.05, 4.69) is 31.5 Å². The van der Waals surface area contributed by atoms with E-state index in [9.17, 15) is 9.18 Å². The van der Waals surface area contributed by atoms with Gasteiger partial charge in [0, 0.05) is 10.2 Å². The van der Waals surface area contributed by atoms with Gasteiger partial charge < -0.3 is 10.6 Å². The smallest absolute Gasteiger partial charge is 0.267 e. The number of hydrogen-bond acceptors (Lipinski definition) is 4. The van der Waals surface area contributed by atoms with Crippen molar-refractivity contribution in [1.29, 1.82) is 0 Å². The molecule has 0 atom stereocenters. The van der Waals surface area contributed by atoms with Crippen molar-refractivity contribution in [3.05, 3.63) is 69.4 Å². The third kappa shape index (κ3) is 3.80. The zero-order valence-corrected chi connectivity index (χ0v) is 15.0. The minimum Gasteiger partial charge on any atom is -0.332 e. The normalized spacial score (nSPS) is 10.5. The van der Waals surface area contributed by atoms with Gasteiger partial charge in [-0.05, 0) is 59.3 Å². The van der Waals surface area contributed by atoms with Crippen LogP contribution in [0.15, 0.2) is 53.0 Å². The molecule has 0 bridgehead atoms. The first-order valence-corrected chi connectivity index (χ1v) is 8.70. The summed E-state index contributed by atoms with van der Waals surface area (Å²) in [7, 11) is 0. The van der Waals surface area contributed by atoms with E-state index in [4.69, 9.17) is 0 Å². The highest BCUT2D eigenvalue weighted by molar-refractivity contribution is 9.10. The molecule has 0 radical (unpaired) electrons. The number of carbonyl (C=O) groups excluding carboxylic acids is 1. The van der Waals surface area contributed by atoms with Crippen molar-refractivity contribution in [1.82, 2.24) is 4.98 Å². The van der Waals surface area contributed by atoms with Crippen molar-refractivity contribution in [2.75, 3.05) is 10.6 Å². The molecule has 0 aliphatic carbocycles. The van der Waals surface area contributed by atoms with Gasteiger partial charge in [0.15, 0.2) is 5.13 Å². The average molecular weight is 406 g/mol. The molecule has 1 heterocycles. The van der Waals surface area contributed by atoms with Crippen LogP contribution in [0.2, 0.25) is 0 Å². The van der Waals surface area contributed by atoms with Crippen molar-refractivity contribution in [2.45, 2.75) is 6.92 Å². The second-order valence-corrected chi connectivity index (χ2v) is 6.85. The van der Waals surface area contributed by atoms with Crippen LogP contribution in [0.5, 0.6) is 0 Å². The van der Waals surface area contributed by atoms with Crippen LogP contribution in [0.25, 0.3) is 0 Å². The van der Waals surface area contributed by atoms with Crippen LogP contribution in [0.3, 0.4) is 0 Å². The fourth-order valence-electron chi connectivity index (χ4n) is 2.06. The zero-order chi connectivity index (χ0) is 17.1. The lowest BCUT2D eigenvalue weighted by molar-refractivity contribution is 0.102. The number of anilines is 3. The molecule has 0 saturated heterocycles. The number of rotatable bonds is 4. The second-order valence-electron chi connectivity index (χ2n) is 5.00. The fourth-order valence-corrected chi connectivity index (χ4v) is 3.32. The highest BCUT2D eigenvalue weighted by Crippen LogP contribution is 2.28. The number of aromatic nitrogens is 1. The Labute approximate surface area is 150 Å². The predicted molar refractivity (Wildman–Crippen MR) is 98.6 cm³/mol. The molecule has 0 unspecified atom stereocenters. The van der Waals surface area contributed by atoms with E-state index in [-0.39, 0.29) is 11.7 Å². The lowest BCUT2D eigenvalue weighted by Gasteiger charge is -2.05. The molecule has 3 rings (SSSR count). The van der Waals surface area contributed by atoms with Crippen LogP contribution in [-0.4, -0.2) is 10.9 Å². The number of benzene rings is 2. The predicted octanol–water partition coefficient (Wildman–Crippen LogP) is 5.35. The molecule has 2 aromatic carbocycles. The Morgan fingerprint density at radius 3 is 2.58 bits per heavy atom. The van der Waals surface area contributed by atoms with Gasteiger partial charge in [-0.1, -0.05) is 23.5 Å². The largest absolute Gasteiger partial charge is 0.332 e. The number of para-hydroxylation sites is 1. The van der Waals surface area contributed by atoms with Gasteiger partial charge in [0.05, 0.1) is 11.4 Å². The van der Waals surface area contributed by atoms with Crippen molar-refractivity contribution >= 4 is 49.7 Å². The Morgan fingerprint density at radius 2 is 1.88 bits per heavy atom. The molecule has 7 heteroatoms. The van der Waals surface area contributed by atoms with Gasteiger partial charge in [0.1, 0.15) is 10.7 Å². The minimum absolute atomic E-state index is 0.218.